The normalized spacial score (nSPS) is 10.5. The van der Waals surface area contributed by atoms with Gasteiger partial charge in [-0.3, -0.25) is 4.90 Å². The van der Waals surface area contributed by atoms with Crippen LogP contribution in [0.25, 0.3) is 0 Å². The van der Waals surface area contributed by atoms with Crippen molar-refractivity contribution in [1.29, 1.82) is 5.26 Å². The molecule has 2 rings (SSSR count). The molecule has 0 bridgehead atoms. The number of likely N-dealkylation sites (N-methyl/N-ethyl adjacent to an activating group) is 1. The van der Waals surface area contributed by atoms with Gasteiger partial charge in [-0.15, -0.1) is 0 Å². The summed E-state index contributed by atoms with van der Waals surface area (Å²) in [6.07, 6.45) is 0. The van der Waals surface area contributed by atoms with Crippen molar-refractivity contribution in [2.75, 3.05) is 20.2 Å². The summed E-state index contributed by atoms with van der Waals surface area (Å²) in [6, 6.07) is 16.2. The summed E-state index contributed by atoms with van der Waals surface area (Å²) in [6.45, 7) is 6.34. The van der Waals surface area contributed by atoms with Crippen molar-refractivity contribution < 1.29 is 4.74 Å². The standard InChI is InChI=1S/C19H22N2O/c1-15-10-16(2)12-19(11-15)22-9-8-21(3)14-18-7-5-4-6-17(18)13-20/h4-7,10-12H,8-9,14H2,1-3H3. The molecular weight excluding hydrogens is 272 g/mol. The van der Waals surface area contributed by atoms with E-state index >= 15 is 0 Å². The van der Waals surface area contributed by atoms with Crippen LogP contribution in [0.4, 0.5) is 0 Å². The van der Waals surface area contributed by atoms with Crippen LogP contribution >= 0.6 is 0 Å². The van der Waals surface area contributed by atoms with Gasteiger partial charge in [0.25, 0.3) is 0 Å². The lowest BCUT2D eigenvalue weighted by molar-refractivity contribution is 0.232. The number of nitriles is 1. The molecule has 3 heteroatoms. The summed E-state index contributed by atoms with van der Waals surface area (Å²) in [4.78, 5) is 2.17. The van der Waals surface area contributed by atoms with Crippen LogP contribution in [0.1, 0.15) is 22.3 Å². The van der Waals surface area contributed by atoms with Crippen LogP contribution < -0.4 is 4.74 Å². The van der Waals surface area contributed by atoms with Gasteiger partial charge >= 0.3 is 0 Å². The molecule has 3 nitrogen and oxygen atoms in total. The Bertz CT molecular complexity index is 653. The number of rotatable bonds is 6. The van der Waals surface area contributed by atoms with Crippen molar-refractivity contribution in [3.63, 3.8) is 0 Å². The lowest BCUT2D eigenvalue weighted by Gasteiger charge is -2.18. The fourth-order valence-corrected chi connectivity index (χ4v) is 2.47. The number of nitrogens with zero attached hydrogens (tertiary/aromatic N) is 2. The van der Waals surface area contributed by atoms with Gasteiger partial charge in [0.05, 0.1) is 11.6 Å². The Balaban J connectivity index is 1.85. The van der Waals surface area contributed by atoms with Crippen LogP contribution in [-0.4, -0.2) is 25.1 Å². The second-order valence-corrected chi connectivity index (χ2v) is 5.68. The van der Waals surface area contributed by atoms with E-state index in [1.807, 2.05) is 31.3 Å². The molecule has 22 heavy (non-hydrogen) atoms. The summed E-state index contributed by atoms with van der Waals surface area (Å²) in [5.41, 5.74) is 4.22. The van der Waals surface area contributed by atoms with Crippen molar-refractivity contribution >= 4 is 0 Å². The van der Waals surface area contributed by atoms with E-state index in [2.05, 4.69) is 43.0 Å². The largest absolute Gasteiger partial charge is 0.492 e. The fraction of sp³-hybridized carbons (Fsp3) is 0.316. The molecule has 0 spiro atoms. The topological polar surface area (TPSA) is 36.3 Å². The predicted molar refractivity (Wildman–Crippen MR) is 88.9 cm³/mol. The molecule has 0 amide bonds. The first-order valence-corrected chi connectivity index (χ1v) is 7.46. The van der Waals surface area contributed by atoms with Crippen molar-refractivity contribution in [2.24, 2.45) is 0 Å². The zero-order valence-corrected chi connectivity index (χ0v) is 13.5. The van der Waals surface area contributed by atoms with E-state index < -0.39 is 0 Å². The Labute approximate surface area is 132 Å². The molecule has 114 valence electrons. The minimum Gasteiger partial charge on any atom is -0.492 e. The van der Waals surface area contributed by atoms with E-state index in [1.165, 1.54) is 11.1 Å². The molecule has 2 aromatic carbocycles. The third kappa shape index (κ3) is 4.61. The average molecular weight is 294 g/mol. The van der Waals surface area contributed by atoms with E-state index in [9.17, 15) is 0 Å². The Kier molecular flexibility index (Phi) is 5.57. The number of aryl methyl sites for hydroxylation is 2. The SMILES string of the molecule is Cc1cc(C)cc(OCCN(C)Cc2ccccc2C#N)c1. The van der Waals surface area contributed by atoms with Gasteiger partial charge in [0.2, 0.25) is 0 Å². The molecule has 0 saturated carbocycles. The summed E-state index contributed by atoms with van der Waals surface area (Å²) >= 11 is 0. The molecule has 2 aromatic rings. The average Bonchev–Trinajstić information content (AvgIpc) is 2.46. The Morgan fingerprint density at radius 2 is 1.77 bits per heavy atom. The quantitative estimate of drug-likeness (QED) is 0.815. The molecule has 0 heterocycles. The van der Waals surface area contributed by atoms with Gasteiger partial charge in [0.15, 0.2) is 0 Å². The van der Waals surface area contributed by atoms with E-state index in [1.54, 1.807) is 0 Å². The molecule has 0 saturated heterocycles. The highest BCUT2D eigenvalue weighted by atomic mass is 16.5. The third-order valence-corrected chi connectivity index (χ3v) is 3.52. The van der Waals surface area contributed by atoms with Crippen molar-refractivity contribution in [3.05, 3.63) is 64.7 Å². The Morgan fingerprint density at radius 3 is 2.45 bits per heavy atom. The van der Waals surface area contributed by atoms with Crippen LogP contribution in [0.3, 0.4) is 0 Å². The minimum atomic E-state index is 0.633. The highest BCUT2D eigenvalue weighted by Crippen LogP contribution is 2.16. The first-order valence-electron chi connectivity index (χ1n) is 7.46. The van der Waals surface area contributed by atoms with Gasteiger partial charge in [-0.2, -0.15) is 5.26 Å². The lowest BCUT2D eigenvalue weighted by atomic mass is 10.1. The van der Waals surface area contributed by atoms with Crippen LogP contribution in [0, 0.1) is 25.2 Å². The molecule has 0 aliphatic carbocycles. The van der Waals surface area contributed by atoms with E-state index in [0.29, 0.717) is 6.61 Å². The third-order valence-electron chi connectivity index (χ3n) is 3.52. The summed E-state index contributed by atoms with van der Waals surface area (Å²) < 4.78 is 5.83. The minimum absolute atomic E-state index is 0.633. The molecular formula is C19H22N2O. The zero-order valence-electron chi connectivity index (χ0n) is 13.5. The molecule has 0 aliphatic heterocycles. The summed E-state index contributed by atoms with van der Waals surface area (Å²) in [7, 11) is 2.04. The van der Waals surface area contributed by atoms with Crippen LogP contribution in [0.15, 0.2) is 42.5 Å². The molecule has 0 atom stereocenters. The van der Waals surface area contributed by atoms with Gasteiger partial charge in [-0.1, -0.05) is 24.3 Å². The van der Waals surface area contributed by atoms with Crippen molar-refractivity contribution in [3.8, 4) is 11.8 Å². The number of benzene rings is 2. The molecule has 0 aliphatic rings. The highest BCUT2D eigenvalue weighted by molar-refractivity contribution is 5.37. The maximum absolute atomic E-state index is 9.11. The van der Waals surface area contributed by atoms with E-state index in [-0.39, 0.29) is 0 Å². The van der Waals surface area contributed by atoms with Crippen molar-refractivity contribution in [1.82, 2.24) is 4.90 Å². The Hall–Kier alpha value is -2.31. The molecule has 0 N–H and O–H groups in total. The van der Waals surface area contributed by atoms with Gasteiger partial charge in [-0.25, -0.2) is 0 Å². The van der Waals surface area contributed by atoms with Crippen LogP contribution in [-0.2, 0) is 6.54 Å². The van der Waals surface area contributed by atoms with E-state index in [0.717, 1.165) is 30.0 Å². The number of hydrogen-bond acceptors (Lipinski definition) is 3. The van der Waals surface area contributed by atoms with Gasteiger partial charge in [-0.05, 0) is 55.8 Å². The number of ether oxygens (including phenoxy) is 1. The predicted octanol–water partition coefficient (Wildman–Crippen LogP) is 3.69. The maximum atomic E-state index is 9.11. The smallest absolute Gasteiger partial charge is 0.119 e. The summed E-state index contributed by atoms with van der Waals surface area (Å²) in [5.74, 6) is 0.920. The fourth-order valence-electron chi connectivity index (χ4n) is 2.47. The first-order chi connectivity index (χ1) is 10.6. The van der Waals surface area contributed by atoms with Gasteiger partial charge in [0, 0.05) is 13.1 Å². The number of hydrogen-bond donors (Lipinski definition) is 0. The first kappa shape index (κ1) is 16.1. The monoisotopic (exact) mass is 294 g/mol. The second-order valence-electron chi connectivity index (χ2n) is 5.68. The van der Waals surface area contributed by atoms with Crippen LogP contribution in [0.5, 0.6) is 5.75 Å². The van der Waals surface area contributed by atoms with Gasteiger partial charge < -0.3 is 4.74 Å². The highest BCUT2D eigenvalue weighted by Gasteiger charge is 2.05. The zero-order chi connectivity index (χ0) is 15.9. The second kappa shape index (κ2) is 7.63. The van der Waals surface area contributed by atoms with Crippen molar-refractivity contribution in [2.45, 2.75) is 20.4 Å². The lowest BCUT2D eigenvalue weighted by Crippen LogP contribution is -2.24. The van der Waals surface area contributed by atoms with Gasteiger partial charge in [0.1, 0.15) is 12.4 Å². The maximum Gasteiger partial charge on any atom is 0.119 e. The molecule has 0 fully saturated rings. The molecule has 0 radical (unpaired) electrons. The van der Waals surface area contributed by atoms with E-state index in [4.69, 9.17) is 10.00 Å². The molecule has 0 unspecified atom stereocenters. The molecule has 0 aromatic heterocycles. The van der Waals surface area contributed by atoms with Crippen LogP contribution in [0.2, 0.25) is 0 Å². The summed E-state index contributed by atoms with van der Waals surface area (Å²) in [5, 5.41) is 9.11. The Morgan fingerprint density at radius 1 is 1.09 bits per heavy atom.